The van der Waals surface area contributed by atoms with Crippen molar-refractivity contribution >= 4 is 0 Å². The molecule has 0 bridgehead atoms. The zero-order valence-electron chi connectivity index (χ0n) is 12.1. The summed E-state index contributed by atoms with van der Waals surface area (Å²) >= 11 is 0. The highest BCUT2D eigenvalue weighted by atomic mass is 14.9. The second-order valence-electron chi connectivity index (χ2n) is 6.24. The van der Waals surface area contributed by atoms with Crippen molar-refractivity contribution in [2.24, 2.45) is 5.92 Å². The van der Waals surface area contributed by atoms with Crippen LogP contribution in [0.2, 0.25) is 0 Å². The standard InChI is InChI=1S/C17H27N/c1-13(2)16-9-7-15(8-10-16)11-14(3)12-18-17-5-4-6-17/h7-10,13-14,17-18H,4-6,11-12H2,1-3H3. The Balaban J connectivity index is 1.76. The topological polar surface area (TPSA) is 12.0 Å². The molecule has 1 aromatic rings. The van der Waals surface area contributed by atoms with Gasteiger partial charge in [0.25, 0.3) is 0 Å². The van der Waals surface area contributed by atoms with Gasteiger partial charge in [0.1, 0.15) is 0 Å². The van der Waals surface area contributed by atoms with Crippen LogP contribution in [0.4, 0.5) is 0 Å². The van der Waals surface area contributed by atoms with Gasteiger partial charge in [0.2, 0.25) is 0 Å². The first-order valence-corrected chi connectivity index (χ1v) is 7.47. The molecule has 100 valence electrons. The van der Waals surface area contributed by atoms with E-state index in [2.05, 4.69) is 50.4 Å². The van der Waals surface area contributed by atoms with Crippen LogP contribution in [-0.2, 0) is 6.42 Å². The third-order valence-corrected chi connectivity index (χ3v) is 4.09. The van der Waals surface area contributed by atoms with Gasteiger partial charge in [-0.05, 0) is 48.8 Å². The molecule has 0 radical (unpaired) electrons. The van der Waals surface area contributed by atoms with Gasteiger partial charge in [0.15, 0.2) is 0 Å². The van der Waals surface area contributed by atoms with Crippen LogP contribution in [0.25, 0.3) is 0 Å². The maximum absolute atomic E-state index is 3.67. The van der Waals surface area contributed by atoms with Gasteiger partial charge in [-0.25, -0.2) is 0 Å². The van der Waals surface area contributed by atoms with Crippen molar-refractivity contribution < 1.29 is 0 Å². The van der Waals surface area contributed by atoms with Crippen molar-refractivity contribution in [3.63, 3.8) is 0 Å². The summed E-state index contributed by atoms with van der Waals surface area (Å²) in [7, 11) is 0. The molecule has 1 nitrogen and oxygen atoms in total. The van der Waals surface area contributed by atoms with Crippen LogP contribution < -0.4 is 5.32 Å². The molecule has 0 aliphatic heterocycles. The van der Waals surface area contributed by atoms with Gasteiger partial charge >= 0.3 is 0 Å². The van der Waals surface area contributed by atoms with E-state index in [9.17, 15) is 0 Å². The molecule has 0 aromatic heterocycles. The minimum absolute atomic E-state index is 0.636. The van der Waals surface area contributed by atoms with E-state index >= 15 is 0 Å². The maximum atomic E-state index is 3.67. The Morgan fingerprint density at radius 1 is 1.11 bits per heavy atom. The lowest BCUT2D eigenvalue weighted by Crippen LogP contribution is -2.38. The number of hydrogen-bond acceptors (Lipinski definition) is 1. The summed E-state index contributed by atoms with van der Waals surface area (Å²) in [5, 5.41) is 3.67. The van der Waals surface area contributed by atoms with Crippen LogP contribution in [0.1, 0.15) is 57.1 Å². The fraction of sp³-hybridized carbons (Fsp3) is 0.647. The molecule has 0 saturated heterocycles. The summed E-state index contributed by atoms with van der Waals surface area (Å²) in [5.41, 5.74) is 2.92. The monoisotopic (exact) mass is 245 g/mol. The van der Waals surface area contributed by atoms with E-state index in [4.69, 9.17) is 0 Å². The Morgan fingerprint density at radius 3 is 2.28 bits per heavy atom. The van der Waals surface area contributed by atoms with Crippen molar-refractivity contribution in [1.29, 1.82) is 0 Å². The van der Waals surface area contributed by atoms with E-state index in [0.717, 1.165) is 18.5 Å². The Hall–Kier alpha value is -0.820. The molecule has 1 aliphatic carbocycles. The zero-order chi connectivity index (χ0) is 13.0. The molecular formula is C17H27N. The van der Waals surface area contributed by atoms with Crippen molar-refractivity contribution in [1.82, 2.24) is 5.32 Å². The van der Waals surface area contributed by atoms with E-state index in [1.54, 1.807) is 0 Å². The predicted molar refractivity (Wildman–Crippen MR) is 79.0 cm³/mol. The van der Waals surface area contributed by atoms with Crippen LogP contribution in [0.3, 0.4) is 0 Å². The fourth-order valence-corrected chi connectivity index (χ4v) is 2.49. The number of rotatable bonds is 6. The first-order valence-electron chi connectivity index (χ1n) is 7.47. The number of benzene rings is 1. The van der Waals surface area contributed by atoms with Gasteiger partial charge in [-0.2, -0.15) is 0 Å². The van der Waals surface area contributed by atoms with Gasteiger partial charge in [0, 0.05) is 6.04 Å². The molecule has 1 saturated carbocycles. The molecule has 0 spiro atoms. The maximum Gasteiger partial charge on any atom is 0.00671 e. The van der Waals surface area contributed by atoms with Gasteiger partial charge < -0.3 is 5.32 Å². The van der Waals surface area contributed by atoms with Crippen LogP contribution in [0.5, 0.6) is 0 Å². The Bertz CT molecular complexity index is 348. The van der Waals surface area contributed by atoms with Crippen LogP contribution in [0, 0.1) is 5.92 Å². The first-order chi connectivity index (χ1) is 8.65. The summed E-state index contributed by atoms with van der Waals surface area (Å²) in [6, 6.07) is 9.98. The molecule has 1 atom stereocenters. The molecule has 1 unspecified atom stereocenters. The normalized spacial score (nSPS) is 17.8. The molecule has 1 aromatic carbocycles. The SMILES string of the molecule is CC(CNC1CCC1)Cc1ccc(C(C)C)cc1. The second-order valence-corrected chi connectivity index (χ2v) is 6.24. The average Bonchev–Trinajstić information content (AvgIpc) is 2.27. The summed E-state index contributed by atoms with van der Waals surface area (Å²) in [5.74, 6) is 1.37. The molecule has 2 rings (SSSR count). The van der Waals surface area contributed by atoms with Crippen molar-refractivity contribution in [3.05, 3.63) is 35.4 Å². The minimum Gasteiger partial charge on any atom is -0.314 e. The zero-order valence-corrected chi connectivity index (χ0v) is 12.1. The van der Waals surface area contributed by atoms with Crippen LogP contribution in [-0.4, -0.2) is 12.6 Å². The van der Waals surface area contributed by atoms with E-state index in [-0.39, 0.29) is 0 Å². The predicted octanol–water partition coefficient (Wildman–Crippen LogP) is 4.13. The molecule has 1 heteroatoms. The Labute approximate surface area is 112 Å². The van der Waals surface area contributed by atoms with E-state index < -0.39 is 0 Å². The molecule has 0 heterocycles. The average molecular weight is 245 g/mol. The smallest absolute Gasteiger partial charge is 0.00671 e. The molecular weight excluding hydrogens is 218 g/mol. The first kappa shape index (κ1) is 13.6. The highest BCUT2D eigenvalue weighted by Gasteiger charge is 2.17. The lowest BCUT2D eigenvalue weighted by Gasteiger charge is -2.28. The lowest BCUT2D eigenvalue weighted by molar-refractivity contribution is 0.320. The summed E-state index contributed by atoms with van der Waals surface area (Å²) in [4.78, 5) is 0. The lowest BCUT2D eigenvalue weighted by atomic mass is 9.92. The molecule has 18 heavy (non-hydrogen) atoms. The van der Waals surface area contributed by atoms with Gasteiger partial charge in [-0.3, -0.25) is 0 Å². The second kappa shape index (κ2) is 6.38. The fourth-order valence-electron chi connectivity index (χ4n) is 2.49. The van der Waals surface area contributed by atoms with Crippen LogP contribution in [0.15, 0.2) is 24.3 Å². The number of hydrogen-bond donors (Lipinski definition) is 1. The Kier molecular flexibility index (Phi) is 4.82. The van der Waals surface area contributed by atoms with E-state index in [1.807, 2.05) is 0 Å². The van der Waals surface area contributed by atoms with Gasteiger partial charge in [-0.15, -0.1) is 0 Å². The summed E-state index contributed by atoms with van der Waals surface area (Å²) in [6.07, 6.45) is 5.38. The van der Waals surface area contributed by atoms with Crippen molar-refractivity contribution in [2.75, 3.05) is 6.54 Å². The summed E-state index contributed by atoms with van der Waals surface area (Å²) < 4.78 is 0. The molecule has 1 fully saturated rings. The molecule has 1 N–H and O–H groups in total. The van der Waals surface area contributed by atoms with Gasteiger partial charge in [-0.1, -0.05) is 51.5 Å². The van der Waals surface area contributed by atoms with Crippen molar-refractivity contribution in [2.45, 2.75) is 58.4 Å². The van der Waals surface area contributed by atoms with Gasteiger partial charge in [0.05, 0.1) is 0 Å². The highest BCUT2D eigenvalue weighted by molar-refractivity contribution is 5.24. The quantitative estimate of drug-likeness (QED) is 0.794. The molecule has 1 aliphatic rings. The minimum atomic E-state index is 0.636. The van der Waals surface area contributed by atoms with Crippen LogP contribution >= 0.6 is 0 Å². The summed E-state index contributed by atoms with van der Waals surface area (Å²) in [6.45, 7) is 8.01. The van der Waals surface area contributed by atoms with Crippen molar-refractivity contribution in [3.8, 4) is 0 Å². The third-order valence-electron chi connectivity index (χ3n) is 4.09. The Morgan fingerprint density at radius 2 is 1.78 bits per heavy atom. The largest absolute Gasteiger partial charge is 0.314 e. The molecule has 0 amide bonds. The number of nitrogens with one attached hydrogen (secondary N) is 1. The van der Waals surface area contributed by atoms with E-state index in [0.29, 0.717) is 5.92 Å². The highest BCUT2D eigenvalue weighted by Crippen LogP contribution is 2.19. The third kappa shape index (κ3) is 3.84. The van der Waals surface area contributed by atoms with E-state index in [1.165, 1.54) is 36.8 Å².